The summed E-state index contributed by atoms with van der Waals surface area (Å²) in [6.07, 6.45) is 0. The van der Waals surface area contributed by atoms with Gasteiger partial charge in [-0.25, -0.2) is 0 Å². The van der Waals surface area contributed by atoms with E-state index in [0.29, 0.717) is 0 Å². The van der Waals surface area contributed by atoms with E-state index in [2.05, 4.69) is 164 Å². The third kappa shape index (κ3) is 4.02. The first-order valence-electron chi connectivity index (χ1n) is 17.9. The maximum Gasteiger partial charge on any atom is 0.145 e. The van der Waals surface area contributed by atoms with Crippen LogP contribution in [-0.4, -0.2) is 0 Å². The summed E-state index contributed by atoms with van der Waals surface area (Å²) in [5.74, 6) is 0. The SMILES string of the molecule is CC1(C)c2ccccc2-c2ccc(N(c3ccccc3)c3ccc4c(oc5ccc6oc7ccccc7c6c54)c3-c3cccc4ccccc34)cc21. The lowest BCUT2D eigenvalue weighted by atomic mass is 9.82. The quantitative estimate of drug-likeness (QED) is 0.187. The lowest BCUT2D eigenvalue weighted by molar-refractivity contribution is 0.660. The number of nitrogens with zero attached hydrogens (tertiary/aromatic N) is 1. The van der Waals surface area contributed by atoms with Gasteiger partial charge in [0.1, 0.15) is 22.3 Å². The molecule has 1 aliphatic carbocycles. The highest BCUT2D eigenvalue weighted by molar-refractivity contribution is 6.28. The molecule has 3 heteroatoms. The van der Waals surface area contributed by atoms with Crippen LogP contribution in [0, 0.1) is 0 Å². The number of fused-ring (bicyclic) bond motifs is 11. The molecule has 2 heterocycles. The maximum atomic E-state index is 7.06. The summed E-state index contributed by atoms with van der Waals surface area (Å²) >= 11 is 0. The summed E-state index contributed by atoms with van der Waals surface area (Å²) in [5, 5.41) is 6.69. The first-order valence-corrected chi connectivity index (χ1v) is 17.9. The molecule has 8 aromatic carbocycles. The largest absolute Gasteiger partial charge is 0.456 e. The molecule has 0 spiro atoms. The minimum atomic E-state index is -0.135. The van der Waals surface area contributed by atoms with E-state index in [1.165, 1.54) is 33.0 Å². The number of para-hydroxylation sites is 2. The Morgan fingerprint density at radius 1 is 0.442 bits per heavy atom. The summed E-state index contributed by atoms with van der Waals surface area (Å²) in [4.78, 5) is 2.41. The molecule has 0 amide bonds. The average molecular weight is 668 g/mol. The summed E-state index contributed by atoms with van der Waals surface area (Å²) < 4.78 is 13.4. The number of hydrogen-bond donors (Lipinski definition) is 0. The summed E-state index contributed by atoms with van der Waals surface area (Å²) in [7, 11) is 0. The Morgan fingerprint density at radius 2 is 1.12 bits per heavy atom. The molecular formula is C49H33NO2. The topological polar surface area (TPSA) is 29.5 Å². The molecule has 0 radical (unpaired) electrons. The number of hydrogen-bond acceptors (Lipinski definition) is 3. The molecule has 0 aliphatic heterocycles. The zero-order valence-electron chi connectivity index (χ0n) is 28.9. The molecule has 0 atom stereocenters. The standard InChI is InChI=1S/C49H33NO2/c1-49(2)39-21-10-8-18-34(39)35-24-23-32(29-40(35)49)50(31-15-4-3-5-16-31)41-26-25-38-47-44(28-27-43-46(47)37-19-9-11-22-42(37)51-43)52-48(38)45(41)36-20-12-14-30-13-6-7-17-33(30)36/h3-29H,1-2H3. The van der Waals surface area contributed by atoms with Crippen molar-refractivity contribution in [3.63, 3.8) is 0 Å². The molecule has 1 aliphatic rings. The van der Waals surface area contributed by atoms with E-state index in [1.807, 2.05) is 18.2 Å². The fourth-order valence-corrected chi connectivity index (χ4v) is 8.86. The molecule has 246 valence electrons. The molecule has 10 aromatic rings. The van der Waals surface area contributed by atoms with E-state index in [0.717, 1.165) is 72.1 Å². The fourth-order valence-electron chi connectivity index (χ4n) is 8.86. The Labute approximate surface area is 301 Å². The number of anilines is 3. The molecule has 0 saturated heterocycles. The van der Waals surface area contributed by atoms with Crippen LogP contribution in [0.25, 0.3) is 76.9 Å². The first-order chi connectivity index (χ1) is 25.6. The smallest absolute Gasteiger partial charge is 0.145 e. The van der Waals surface area contributed by atoms with E-state index in [-0.39, 0.29) is 5.41 Å². The minimum absolute atomic E-state index is 0.135. The van der Waals surface area contributed by atoms with Gasteiger partial charge in [-0.05, 0) is 93.2 Å². The van der Waals surface area contributed by atoms with Crippen LogP contribution in [0.15, 0.2) is 173 Å². The molecule has 52 heavy (non-hydrogen) atoms. The highest BCUT2D eigenvalue weighted by Gasteiger charge is 2.36. The van der Waals surface area contributed by atoms with Gasteiger partial charge in [0.15, 0.2) is 0 Å². The van der Waals surface area contributed by atoms with Gasteiger partial charge in [-0.2, -0.15) is 0 Å². The second kappa shape index (κ2) is 10.7. The van der Waals surface area contributed by atoms with Gasteiger partial charge in [-0.1, -0.05) is 123 Å². The Morgan fingerprint density at radius 3 is 2.00 bits per heavy atom. The lowest BCUT2D eigenvalue weighted by Gasteiger charge is -2.30. The molecule has 3 nitrogen and oxygen atoms in total. The second-order valence-electron chi connectivity index (χ2n) is 14.4. The van der Waals surface area contributed by atoms with E-state index in [9.17, 15) is 0 Å². The maximum absolute atomic E-state index is 7.06. The van der Waals surface area contributed by atoms with Gasteiger partial charge >= 0.3 is 0 Å². The number of furan rings is 2. The van der Waals surface area contributed by atoms with E-state index < -0.39 is 0 Å². The van der Waals surface area contributed by atoms with Crippen molar-refractivity contribution in [1.82, 2.24) is 0 Å². The highest BCUT2D eigenvalue weighted by Crippen LogP contribution is 2.53. The van der Waals surface area contributed by atoms with Gasteiger partial charge in [-0.15, -0.1) is 0 Å². The first kappa shape index (κ1) is 29.2. The van der Waals surface area contributed by atoms with Gasteiger partial charge in [0.05, 0.1) is 5.69 Å². The summed E-state index contributed by atoms with van der Waals surface area (Å²) in [6, 6.07) is 58.7. The Kier molecular flexibility index (Phi) is 6.01. The van der Waals surface area contributed by atoms with Gasteiger partial charge in [0, 0.05) is 43.9 Å². The van der Waals surface area contributed by atoms with Crippen LogP contribution in [0.5, 0.6) is 0 Å². The van der Waals surface area contributed by atoms with Gasteiger partial charge < -0.3 is 13.7 Å². The van der Waals surface area contributed by atoms with Crippen molar-refractivity contribution in [2.24, 2.45) is 0 Å². The van der Waals surface area contributed by atoms with Gasteiger partial charge in [0.2, 0.25) is 0 Å². The van der Waals surface area contributed by atoms with Crippen LogP contribution in [0.1, 0.15) is 25.0 Å². The summed E-state index contributed by atoms with van der Waals surface area (Å²) in [5.41, 5.74) is 14.0. The van der Waals surface area contributed by atoms with Gasteiger partial charge in [-0.3, -0.25) is 0 Å². The Bertz CT molecular complexity index is 3050. The van der Waals surface area contributed by atoms with E-state index in [4.69, 9.17) is 8.83 Å². The third-order valence-electron chi connectivity index (χ3n) is 11.3. The Balaban J connectivity index is 1.25. The molecule has 0 unspecified atom stereocenters. The van der Waals surface area contributed by atoms with E-state index >= 15 is 0 Å². The molecule has 2 aromatic heterocycles. The molecule has 0 fully saturated rings. The zero-order valence-corrected chi connectivity index (χ0v) is 28.9. The van der Waals surface area contributed by atoms with Crippen LogP contribution < -0.4 is 4.90 Å². The second-order valence-corrected chi connectivity index (χ2v) is 14.4. The number of rotatable bonds is 4. The molecule has 0 saturated carbocycles. The summed E-state index contributed by atoms with van der Waals surface area (Å²) in [6.45, 7) is 4.69. The highest BCUT2D eigenvalue weighted by atomic mass is 16.3. The molecule has 0 bridgehead atoms. The predicted molar refractivity (Wildman–Crippen MR) is 216 cm³/mol. The molecule has 0 N–H and O–H groups in total. The lowest BCUT2D eigenvalue weighted by Crippen LogP contribution is -2.17. The van der Waals surface area contributed by atoms with Crippen LogP contribution in [0.2, 0.25) is 0 Å². The molecule has 11 rings (SSSR count). The fraction of sp³-hybridized carbons (Fsp3) is 0.0612. The minimum Gasteiger partial charge on any atom is -0.456 e. The van der Waals surface area contributed by atoms with Crippen LogP contribution in [0.3, 0.4) is 0 Å². The van der Waals surface area contributed by atoms with Crippen molar-refractivity contribution >= 4 is 71.7 Å². The predicted octanol–water partition coefficient (Wildman–Crippen LogP) is 14.1. The van der Waals surface area contributed by atoms with Crippen molar-refractivity contribution < 1.29 is 8.83 Å². The third-order valence-corrected chi connectivity index (χ3v) is 11.3. The van der Waals surface area contributed by atoms with Gasteiger partial charge in [0.25, 0.3) is 0 Å². The van der Waals surface area contributed by atoms with Crippen LogP contribution >= 0.6 is 0 Å². The van der Waals surface area contributed by atoms with Crippen LogP contribution in [-0.2, 0) is 5.41 Å². The van der Waals surface area contributed by atoms with E-state index in [1.54, 1.807) is 0 Å². The monoisotopic (exact) mass is 667 g/mol. The normalized spacial score (nSPS) is 13.3. The van der Waals surface area contributed by atoms with Crippen molar-refractivity contribution in [1.29, 1.82) is 0 Å². The average Bonchev–Trinajstić information content (AvgIpc) is 3.83. The van der Waals surface area contributed by atoms with Crippen molar-refractivity contribution in [2.75, 3.05) is 4.90 Å². The molecular weight excluding hydrogens is 635 g/mol. The van der Waals surface area contributed by atoms with Crippen molar-refractivity contribution in [3.05, 3.63) is 175 Å². The zero-order chi connectivity index (χ0) is 34.6. The van der Waals surface area contributed by atoms with Crippen LogP contribution in [0.4, 0.5) is 17.1 Å². The number of benzene rings is 8. The van der Waals surface area contributed by atoms with Crippen molar-refractivity contribution in [2.45, 2.75) is 19.3 Å². The van der Waals surface area contributed by atoms with Crippen molar-refractivity contribution in [3.8, 4) is 22.3 Å². The Hall–Kier alpha value is -6.58.